The summed E-state index contributed by atoms with van der Waals surface area (Å²) in [6.45, 7) is 1.53. The highest BCUT2D eigenvalue weighted by Gasteiger charge is 2.17. The van der Waals surface area contributed by atoms with Crippen molar-refractivity contribution in [1.29, 1.82) is 0 Å². The Morgan fingerprint density at radius 1 is 0.960 bits per heavy atom. The molecule has 3 rings (SSSR count). The third-order valence-corrected chi connectivity index (χ3v) is 5.03. The molecule has 5 nitrogen and oxygen atoms in total. The van der Waals surface area contributed by atoms with Gasteiger partial charge in [0.1, 0.15) is 13.2 Å². The van der Waals surface area contributed by atoms with Crippen LogP contribution in [-0.4, -0.2) is 29.2 Å². The summed E-state index contributed by atoms with van der Waals surface area (Å²) in [5, 5.41) is 4.01. The van der Waals surface area contributed by atoms with Crippen molar-refractivity contribution in [2.24, 2.45) is 0 Å². The first-order chi connectivity index (χ1) is 12.3. The number of thiophene rings is 2. The predicted molar refractivity (Wildman–Crippen MR) is 99.0 cm³/mol. The van der Waals surface area contributed by atoms with Crippen LogP contribution in [0.2, 0.25) is 0 Å². The highest BCUT2D eigenvalue weighted by Crippen LogP contribution is 2.18. The molecule has 0 N–H and O–H groups in total. The summed E-state index contributed by atoms with van der Waals surface area (Å²) in [5.74, 6) is 0.521. The van der Waals surface area contributed by atoms with Gasteiger partial charge < -0.3 is 9.47 Å². The Labute approximate surface area is 154 Å². The first kappa shape index (κ1) is 17.4. The molecule has 0 spiro atoms. The van der Waals surface area contributed by atoms with Crippen molar-refractivity contribution in [3.63, 3.8) is 0 Å². The van der Waals surface area contributed by atoms with E-state index in [0.717, 1.165) is 9.75 Å². The second kappa shape index (κ2) is 9.19. The number of carbonyl (C=O) groups is 1. The first-order valence-electron chi connectivity index (χ1n) is 7.81. The van der Waals surface area contributed by atoms with Gasteiger partial charge in [-0.2, -0.15) is 0 Å². The summed E-state index contributed by atoms with van der Waals surface area (Å²) in [6, 6.07) is 13.4. The molecular weight excluding hydrogens is 356 g/mol. The number of hydrogen-bond donors (Lipinski definition) is 0. The van der Waals surface area contributed by atoms with Crippen molar-refractivity contribution in [2.45, 2.75) is 13.1 Å². The van der Waals surface area contributed by atoms with E-state index in [4.69, 9.17) is 9.47 Å². The van der Waals surface area contributed by atoms with Crippen LogP contribution in [0, 0.1) is 0 Å². The van der Waals surface area contributed by atoms with Crippen LogP contribution in [0.3, 0.4) is 0 Å². The third kappa shape index (κ3) is 5.58. The molecule has 0 atom stereocenters. The van der Waals surface area contributed by atoms with E-state index in [-0.39, 0.29) is 19.3 Å². The maximum Gasteiger partial charge on any atom is 0.410 e. The van der Waals surface area contributed by atoms with Crippen LogP contribution in [0.5, 0.6) is 5.88 Å². The Hall–Kier alpha value is -2.38. The molecule has 0 saturated carbocycles. The summed E-state index contributed by atoms with van der Waals surface area (Å²) in [4.78, 5) is 20.5. The number of rotatable bonds is 8. The van der Waals surface area contributed by atoms with Crippen molar-refractivity contribution < 1.29 is 14.3 Å². The summed E-state index contributed by atoms with van der Waals surface area (Å²) < 4.78 is 10.8. The highest BCUT2D eigenvalue weighted by atomic mass is 32.1. The van der Waals surface area contributed by atoms with E-state index in [1.807, 2.05) is 47.2 Å². The Morgan fingerprint density at radius 3 is 2.24 bits per heavy atom. The number of hydrogen-bond acceptors (Lipinski definition) is 6. The van der Waals surface area contributed by atoms with Crippen LogP contribution < -0.4 is 4.74 Å². The lowest BCUT2D eigenvalue weighted by Crippen LogP contribution is -2.31. The van der Waals surface area contributed by atoms with Crippen LogP contribution in [0.25, 0.3) is 0 Å². The fraction of sp³-hybridized carbons (Fsp3) is 0.222. The zero-order valence-corrected chi connectivity index (χ0v) is 15.2. The fourth-order valence-electron chi connectivity index (χ4n) is 2.17. The molecule has 25 heavy (non-hydrogen) atoms. The Balaban J connectivity index is 1.51. The third-order valence-electron chi connectivity index (χ3n) is 3.31. The smallest absolute Gasteiger partial charge is 0.410 e. The minimum atomic E-state index is -0.341. The average molecular weight is 374 g/mol. The number of carbonyl (C=O) groups excluding carboxylic acids is 1. The van der Waals surface area contributed by atoms with Gasteiger partial charge >= 0.3 is 6.09 Å². The van der Waals surface area contributed by atoms with Crippen molar-refractivity contribution in [2.75, 3.05) is 13.2 Å². The number of amides is 1. The van der Waals surface area contributed by atoms with Crippen molar-refractivity contribution in [1.82, 2.24) is 9.88 Å². The van der Waals surface area contributed by atoms with Crippen molar-refractivity contribution in [3.05, 3.63) is 69.2 Å². The van der Waals surface area contributed by atoms with Gasteiger partial charge in [-0.3, -0.25) is 4.90 Å². The molecule has 0 aliphatic rings. The van der Waals surface area contributed by atoms with Gasteiger partial charge in [0.15, 0.2) is 0 Å². The van der Waals surface area contributed by atoms with E-state index in [1.54, 1.807) is 39.8 Å². The largest absolute Gasteiger partial charge is 0.474 e. The van der Waals surface area contributed by atoms with Crippen LogP contribution in [0.4, 0.5) is 4.79 Å². The predicted octanol–water partition coefficient (Wildman–Crippen LogP) is 4.42. The van der Waals surface area contributed by atoms with E-state index in [2.05, 4.69) is 4.98 Å². The lowest BCUT2D eigenvalue weighted by atomic mass is 10.4. The second-order valence-electron chi connectivity index (χ2n) is 5.15. The van der Waals surface area contributed by atoms with Crippen LogP contribution in [-0.2, 0) is 17.8 Å². The van der Waals surface area contributed by atoms with E-state index < -0.39 is 0 Å². The SMILES string of the molecule is O=C(OCCOc1ccccn1)N(Cc1cccs1)Cc1cccs1. The molecule has 3 aromatic heterocycles. The van der Waals surface area contributed by atoms with E-state index in [9.17, 15) is 4.79 Å². The second-order valence-corrected chi connectivity index (χ2v) is 7.21. The molecule has 0 saturated heterocycles. The van der Waals surface area contributed by atoms with E-state index in [0.29, 0.717) is 19.0 Å². The lowest BCUT2D eigenvalue weighted by Gasteiger charge is -2.21. The van der Waals surface area contributed by atoms with Gasteiger partial charge in [-0.15, -0.1) is 22.7 Å². The molecule has 0 aliphatic heterocycles. The van der Waals surface area contributed by atoms with Crippen LogP contribution in [0.15, 0.2) is 59.4 Å². The molecule has 3 aromatic rings. The molecular formula is C18H18N2O3S2. The van der Waals surface area contributed by atoms with Gasteiger partial charge in [0, 0.05) is 22.0 Å². The molecule has 0 aromatic carbocycles. The molecule has 0 aliphatic carbocycles. The molecule has 130 valence electrons. The van der Waals surface area contributed by atoms with Gasteiger partial charge in [0.25, 0.3) is 0 Å². The Morgan fingerprint density at radius 2 is 1.68 bits per heavy atom. The van der Waals surface area contributed by atoms with Gasteiger partial charge in [-0.25, -0.2) is 9.78 Å². The molecule has 7 heteroatoms. The quantitative estimate of drug-likeness (QED) is 0.548. The van der Waals surface area contributed by atoms with Gasteiger partial charge in [-0.05, 0) is 29.0 Å². The summed E-state index contributed by atoms with van der Waals surface area (Å²) >= 11 is 3.26. The molecule has 0 unspecified atom stereocenters. The maximum atomic E-state index is 12.4. The van der Waals surface area contributed by atoms with Crippen LogP contribution in [0.1, 0.15) is 9.75 Å². The molecule has 0 bridgehead atoms. The summed E-state index contributed by atoms with van der Waals surface area (Å²) in [5.41, 5.74) is 0. The van der Waals surface area contributed by atoms with Crippen molar-refractivity contribution in [3.8, 4) is 5.88 Å². The zero-order chi connectivity index (χ0) is 17.3. The van der Waals surface area contributed by atoms with Gasteiger partial charge in [0.05, 0.1) is 13.1 Å². The van der Waals surface area contributed by atoms with E-state index >= 15 is 0 Å². The molecule has 0 fully saturated rings. The monoisotopic (exact) mass is 374 g/mol. The minimum Gasteiger partial charge on any atom is -0.474 e. The normalized spacial score (nSPS) is 10.4. The summed E-state index contributed by atoms with van der Waals surface area (Å²) in [6.07, 6.45) is 1.32. The molecule has 3 heterocycles. The molecule has 1 amide bonds. The number of pyridine rings is 1. The maximum absolute atomic E-state index is 12.4. The van der Waals surface area contributed by atoms with Crippen molar-refractivity contribution >= 4 is 28.8 Å². The average Bonchev–Trinajstić information content (AvgIpc) is 3.33. The number of ether oxygens (including phenoxy) is 2. The minimum absolute atomic E-state index is 0.181. The standard InChI is InChI=1S/C18H18N2O3S2/c21-18(23-10-9-22-17-7-1-2-8-19-17)20(13-15-5-3-11-24-15)14-16-6-4-12-25-16/h1-8,11-12H,9-10,13-14H2. The number of aromatic nitrogens is 1. The lowest BCUT2D eigenvalue weighted by molar-refractivity contribution is 0.0835. The first-order valence-corrected chi connectivity index (χ1v) is 9.57. The van der Waals surface area contributed by atoms with Crippen LogP contribution >= 0.6 is 22.7 Å². The van der Waals surface area contributed by atoms with Gasteiger partial charge in [-0.1, -0.05) is 18.2 Å². The fourth-order valence-corrected chi connectivity index (χ4v) is 3.60. The number of nitrogens with zero attached hydrogens (tertiary/aromatic N) is 2. The highest BCUT2D eigenvalue weighted by molar-refractivity contribution is 7.10. The topological polar surface area (TPSA) is 51.7 Å². The Bertz CT molecular complexity index is 710. The zero-order valence-electron chi connectivity index (χ0n) is 13.5. The summed E-state index contributed by atoms with van der Waals surface area (Å²) in [7, 11) is 0. The Kier molecular flexibility index (Phi) is 6.42. The molecule has 0 radical (unpaired) electrons. The van der Waals surface area contributed by atoms with E-state index in [1.165, 1.54) is 0 Å². The van der Waals surface area contributed by atoms with Gasteiger partial charge in [0.2, 0.25) is 5.88 Å².